The Bertz CT molecular complexity index is 711. The van der Waals surface area contributed by atoms with Gasteiger partial charge in [-0.25, -0.2) is 0 Å². The molecule has 1 aromatic rings. The second-order valence-corrected chi connectivity index (χ2v) is 4.49. The topological polar surface area (TPSA) is 215 Å². The first-order chi connectivity index (χ1) is 10.0. The smallest absolute Gasteiger partial charge is 0.366 e. The van der Waals surface area contributed by atoms with Gasteiger partial charge in [-0.1, -0.05) is 0 Å². The zero-order valence-electron chi connectivity index (χ0n) is 11.6. The van der Waals surface area contributed by atoms with Crippen molar-refractivity contribution in [2.24, 2.45) is 28.7 Å². The molecule has 12 heteroatoms. The molecule has 1 rings (SSSR count). The van der Waals surface area contributed by atoms with Crippen molar-refractivity contribution in [1.29, 1.82) is 0 Å². The molecule has 0 aliphatic rings. The fraction of sp³-hybridized carbons (Fsp3) is 0. The summed E-state index contributed by atoms with van der Waals surface area (Å²) in [5.41, 5.74) is 21.8. The quantitative estimate of drug-likeness (QED) is 0.236. The van der Waals surface area contributed by atoms with Crippen LogP contribution in [-0.4, -0.2) is 29.5 Å². The second kappa shape index (κ2) is 7.20. The number of nitrogens with two attached hydrogens (primary N) is 5. The average molecular weight is 391 g/mol. The molecule has 1 aromatic carbocycles. The summed E-state index contributed by atoms with van der Waals surface area (Å²) in [6.07, 6.45) is 0. The largest absolute Gasteiger partial charge is 2.00 e. The van der Waals surface area contributed by atoms with Gasteiger partial charge in [0.15, 0.2) is 0 Å². The summed E-state index contributed by atoms with van der Waals surface area (Å²) in [4.78, 5) is 57.3. The van der Waals surface area contributed by atoms with E-state index in [2.05, 4.69) is 12.6 Å². The number of hydrogen-bond donors (Lipinski definition) is 6. The molecule has 10 N–H and O–H groups in total. The number of benzene rings is 1. The summed E-state index contributed by atoms with van der Waals surface area (Å²) in [5.74, 6) is -6.39. The van der Waals surface area contributed by atoms with E-state index in [9.17, 15) is 24.0 Å². The maximum Gasteiger partial charge on any atom is 2.00 e. The molecule has 0 saturated carbocycles. The van der Waals surface area contributed by atoms with Crippen molar-refractivity contribution < 1.29 is 43.5 Å². The third kappa shape index (κ3) is 3.49. The van der Waals surface area contributed by atoms with Crippen LogP contribution in [0.15, 0.2) is 4.90 Å². The van der Waals surface area contributed by atoms with Gasteiger partial charge in [0, 0.05) is 4.90 Å². The fourth-order valence-corrected chi connectivity index (χ4v) is 2.40. The number of primary amides is 5. The molecular weight excluding hydrogens is 380 g/mol. The number of carbonyl (C=O) groups excluding carboxylic acids is 5. The van der Waals surface area contributed by atoms with Crippen LogP contribution >= 0.6 is 12.6 Å². The van der Waals surface area contributed by atoms with Crippen LogP contribution in [0.5, 0.6) is 0 Å². The van der Waals surface area contributed by atoms with Crippen LogP contribution < -0.4 is 28.7 Å². The van der Waals surface area contributed by atoms with E-state index in [-0.39, 0.29) is 19.5 Å². The van der Waals surface area contributed by atoms with Crippen LogP contribution in [0.25, 0.3) is 0 Å². The van der Waals surface area contributed by atoms with Crippen LogP contribution in [-0.2, 0) is 19.5 Å². The maximum absolute atomic E-state index is 11.6. The molecule has 0 unspecified atom stereocenters. The molecule has 0 aliphatic heterocycles. The molecule has 0 spiro atoms. The minimum Gasteiger partial charge on any atom is -0.366 e. The molecule has 0 aromatic heterocycles. The molecule has 0 radical (unpaired) electrons. The second-order valence-electron chi connectivity index (χ2n) is 4.04. The Balaban J connectivity index is 0.00000484. The molecule has 5 amide bonds. The van der Waals surface area contributed by atoms with Gasteiger partial charge in [0.2, 0.25) is 17.7 Å². The van der Waals surface area contributed by atoms with Gasteiger partial charge < -0.3 is 28.7 Å². The Morgan fingerprint density at radius 1 is 0.522 bits per heavy atom. The van der Waals surface area contributed by atoms with Gasteiger partial charge in [0.25, 0.3) is 11.8 Å². The van der Waals surface area contributed by atoms with Gasteiger partial charge in [-0.15, -0.1) is 12.6 Å². The molecule has 0 atom stereocenters. The Hall–Kier alpha value is -2.46. The Morgan fingerprint density at radius 2 is 0.696 bits per heavy atom. The number of thiol groups is 1. The minimum absolute atomic E-state index is 0. The van der Waals surface area contributed by atoms with Crippen molar-refractivity contribution >= 4 is 42.2 Å². The molecule has 0 bridgehead atoms. The number of amides is 5. The van der Waals surface area contributed by atoms with Crippen molar-refractivity contribution in [3.05, 3.63) is 27.8 Å². The molecule has 0 aliphatic carbocycles. The van der Waals surface area contributed by atoms with Crippen molar-refractivity contribution in [1.82, 2.24) is 0 Å². The van der Waals surface area contributed by atoms with Crippen molar-refractivity contribution in [3.63, 3.8) is 0 Å². The molecule has 116 valence electrons. The van der Waals surface area contributed by atoms with Gasteiger partial charge in [0.1, 0.15) is 0 Å². The van der Waals surface area contributed by atoms with E-state index in [1.54, 1.807) is 0 Å². The van der Waals surface area contributed by atoms with Crippen molar-refractivity contribution in [3.8, 4) is 0 Å². The summed E-state index contributed by atoms with van der Waals surface area (Å²) in [6.45, 7) is 0. The van der Waals surface area contributed by atoms with E-state index in [0.29, 0.717) is 0 Å². The predicted molar refractivity (Wildman–Crippen MR) is 76.3 cm³/mol. The maximum atomic E-state index is 11.6. The number of rotatable bonds is 5. The summed E-state index contributed by atoms with van der Waals surface area (Å²) in [6, 6.07) is 0. The van der Waals surface area contributed by atoms with Crippen LogP contribution in [0, 0.1) is 0 Å². The van der Waals surface area contributed by atoms with E-state index < -0.39 is 62.2 Å². The Kier molecular flexibility index (Phi) is 6.43. The van der Waals surface area contributed by atoms with Crippen LogP contribution in [0.4, 0.5) is 0 Å². The standard InChI is InChI=1S/C11H11N5O5S.Zn/c12-7(17)1-2(8(13)18)4(10(15)20)6(22)5(11(16)21)3(1)9(14)19;/h22H,(H2,12,17)(H2,13,18)(H2,14,19)(H2,15,20)(H2,16,21);/q;+2. The van der Waals surface area contributed by atoms with Crippen molar-refractivity contribution in [2.75, 3.05) is 0 Å². The van der Waals surface area contributed by atoms with E-state index >= 15 is 0 Å². The Labute approximate surface area is 147 Å². The number of carbonyl (C=O) groups is 5. The van der Waals surface area contributed by atoms with E-state index in [1.807, 2.05) is 0 Å². The first-order valence-electron chi connectivity index (χ1n) is 5.44. The molecular formula is C11H11N5O5SZn+2. The van der Waals surface area contributed by atoms with E-state index in [4.69, 9.17) is 28.7 Å². The van der Waals surface area contributed by atoms with Crippen LogP contribution in [0.2, 0.25) is 0 Å². The first-order valence-corrected chi connectivity index (χ1v) is 5.88. The number of hydrogen-bond acceptors (Lipinski definition) is 6. The molecule has 0 fully saturated rings. The third-order valence-corrected chi connectivity index (χ3v) is 3.15. The van der Waals surface area contributed by atoms with Gasteiger partial charge in [-0.05, 0) is 0 Å². The zero-order chi connectivity index (χ0) is 17.4. The van der Waals surface area contributed by atoms with Crippen molar-refractivity contribution in [2.45, 2.75) is 4.90 Å². The predicted octanol–water partition coefficient (Wildman–Crippen LogP) is -2.53. The van der Waals surface area contributed by atoms with Crippen LogP contribution in [0.3, 0.4) is 0 Å². The molecule has 23 heavy (non-hydrogen) atoms. The average Bonchev–Trinajstić information content (AvgIpc) is 2.34. The van der Waals surface area contributed by atoms with Gasteiger partial charge in [-0.3, -0.25) is 24.0 Å². The third-order valence-electron chi connectivity index (χ3n) is 2.71. The fourth-order valence-electron chi connectivity index (χ4n) is 1.96. The molecule has 0 heterocycles. The van der Waals surface area contributed by atoms with Gasteiger partial charge >= 0.3 is 19.5 Å². The van der Waals surface area contributed by atoms with E-state index in [1.165, 1.54) is 0 Å². The molecule has 10 nitrogen and oxygen atoms in total. The first kappa shape index (κ1) is 20.5. The van der Waals surface area contributed by atoms with Crippen LogP contribution in [0.1, 0.15) is 51.8 Å². The minimum atomic E-state index is -1.33. The molecule has 0 saturated heterocycles. The summed E-state index contributed by atoms with van der Waals surface area (Å²) in [5, 5.41) is 0. The summed E-state index contributed by atoms with van der Waals surface area (Å²) >= 11 is 3.87. The van der Waals surface area contributed by atoms with Gasteiger partial charge in [-0.2, -0.15) is 0 Å². The SMILES string of the molecule is NC(=O)c1c(S)c(C(N)=O)c(C(N)=O)c(C(N)=O)c1C(N)=O.[Zn+2]. The monoisotopic (exact) mass is 389 g/mol. The summed E-state index contributed by atoms with van der Waals surface area (Å²) in [7, 11) is 0. The van der Waals surface area contributed by atoms with E-state index in [0.717, 1.165) is 0 Å². The summed E-state index contributed by atoms with van der Waals surface area (Å²) < 4.78 is 0. The van der Waals surface area contributed by atoms with Gasteiger partial charge in [0.05, 0.1) is 27.8 Å². The zero-order valence-corrected chi connectivity index (χ0v) is 15.4. The normalized spacial score (nSPS) is 9.61. The Morgan fingerprint density at radius 3 is 0.870 bits per heavy atom.